The molecule has 0 radical (unpaired) electrons. The molecule has 5 nitrogen and oxygen atoms in total. The maximum absolute atomic E-state index is 12.5. The van der Waals surface area contributed by atoms with Gasteiger partial charge in [-0.3, -0.25) is 4.79 Å². The van der Waals surface area contributed by atoms with Gasteiger partial charge in [-0.1, -0.05) is 24.3 Å². The Morgan fingerprint density at radius 2 is 1.59 bits per heavy atom. The summed E-state index contributed by atoms with van der Waals surface area (Å²) in [6.45, 7) is 0. The first-order chi connectivity index (χ1) is 12.7. The zero-order valence-electron chi connectivity index (χ0n) is 14.0. The number of alkyl halides is 3. The number of carboxylic acids is 1. The Kier molecular flexibility index (Phi) is 6.19. The summed E-state index contributed by atoms with van der Waals surface area (Å²) in [4.78, 5) is 23.4. The summed E-state index contributed by atoms with van der Waals surface area (Å²) in [5.74, 6) is -1.85. The highest BCUT2D eigenvalue weighted by molar-refractivity contribution is 5.85. The van der Waals surface area contributed by atoms with Crippen LogP contribution in [0.2, 0.25) is 0 Å². The molecule has 0 aliphatic rings. The number of nitrogens with zero attached hydrogens (tertiary/aromatic N) is 1. The van der Waals surface area contributed by atoms with Crippen LogP contribution in [0.1, 0.15) is 22.3 Å². The topological polar surface area (TPSA) is 90.2 Å². The SMILES string of the molecule is N#Cc1ccc(C[C@H](NC(=O)Cc2ccc(C(F)(F)F)cc2)C(=O)O)cc1. The Bertz CT molecular complexity index is 854. The molecule has 0 saturated carbocycles. The number of hydrogen-bond acceptors (Lipinski definition) is 3. The third kappa shape index (κ3) is 5.85. The molecule has 0 aliphatic heterocycles. The average Bonchev–Trinajstić information content (AvgIpc) is 2.61. The molecule has 2 rings (SSSR count). The number of aliphatic carboxylic acids is 1. The largest absolute Gasteiger partial charge is 0.480 e. The van der Waals surface area contributed by atoms with E-state index in [-0.39, 0.29) is 12.8 Å². The van der Waals surface area contributed by atoms with Gasteiger partial charge in [0.05, 0.1) is 23.6 Å². The molecule has 0 spiro atoms. The molecular formula is C19H15F3N2O3. The minimum atomic E-state index is -4.46. The van der Waals surface area contributed by atoms with E-state index in [9.17, 15) is 27.9 Å². The molecule has 0 unspecified atom stereocenters. The minimum Gasteiger partial charge on any atom is -0.480 e. The summed E-state index contributed by atoms with van der Waals surface area (Å²) in [6, 6.07) is 11.1. The third-order valence-electron chi connectivity index (χ3n) is 3.80. The number of nitrogens with one attached hydrogen (secondary N) is 1. The molecule has 27 heavy (non-hydrogen) atoms. The average molecular weight is 376 g/mol. The van der Waals surface area contributed by atoms with Gasteiger partial charge in [0, 0.05) is 6.42 Å². The van der Waals surface area contributed by atoms with Gasteiger partial charge >= 0.3 is 12.1 Å². The van der Waals surface area contributed by atoms with Crippen LogP contribution in [0.4, 0.5) is 13.2 Å². The number of nitriles is 1. The van der Waals surface area contributed by atoms with Crippen molar-refractivity contribution < 1.29 is 27.9 Å². The predicted molar refractivity (Wildman–Crippen MR) is 89.6 cm³/mol. The van der Waals surface area contributed by atoms with Gasteiger partial charge in [-0.25, -0.2) is 4.79 Å². The first-order valence-corrected chi connectivity index (χ1v) is 7.86. The summed E-state index contributed by atoms with van der Waals surface area (Å²) >= 11 is 0. The molecule has 0 saturated heterocycles. The molecule has 2 aromatic carbocycles. The van der Waals surface area contributed by atoms with Crippen molar-refractivity contribution in [3.05, 3.63) is 70.8 Å². The van der Waals surface area contributed by atoms with Crippen LogP contribution in [-0.2, 0) is 28.6 Å². The van der Waals surface area contributed by atoms with E-state index in [0.29, 0.717) is 16.7 Å². The third-order valence-corrected chi connectivity index (χ3v) is 3.80. The van der Waals surface area contributed by atoms with Gasteiger partial charge in [-0.05, 0) is 35.4 Å². The quantitative estimate of drug-likeness (QED) is 0.811. The molecule has 0 fully saturated rings. The van der Waals surface area contributed by atoms with Crippen molar-refractivity contribution in [2.45, 2.75) is 25.1 Å². The Morgan fingerprint density at radius 3 is 2.07 bits per heavy atom. The van der Waals surface area contributed by atoms with Crippen molar-refractivity contribution >= 4 is 11.9 Å². The maximum atomic E-state index is 12.5. The highest BCUT2D eigenvalue weighted by Gasteiger charge is 2.30. The number of hydrogen-bond donors (Lipinski definition) is 2. The number of carboxylic acid groups (broad SMARTS) is 1. The molecule has 0 aliphatic carbocycles. The van der Waals surface area contributed by atoms with Crippen molar-refractivity contribution in [2.75, 3.05) is 0 Å². The fraction of sp³-hybridized carbons (Fsp3) is 0.211. The van der Waals surface area contributed by atoms with E-state index in [1.807, 2.05) is 6.07 Å². The first-order valence-electron chi connectivity index (χ1n) is 7.86. The molecule has 1 amide bonds. The Balaban J connectivity index is 2.00. The first kappa shape index (κ1) is 20.0. The van der Waals surface area contributed by atoms with Crippen LogP contribution < -0.4 is 5.32 Å². The zero-order valence-corrected chi connectivity index (χ0v) is 14.0. The number of rotatable bonds is 6. The fourth-order valence-corrected chi connectivity index (χ4v) is 2.39. The van der Waals surface area contributed by atoms with Gasteiger partial charge in [-0.2, -0.15) is 18.4 Å². The van der Waals surface area contributed by atoms with E-state index < -0.39 is 29.7 Å². The minimum absolute atomic E-state index is 0.0137. The molecule has 2 aromatic rings. The summed E-state index contributed by atoms with van der Waals surface area (Å²) in [5, 5.41) is 20.4. The van der Waals surface area contributed by atoms with E-state index in [2.05, 4.69) is 5.32 Å². The monoisotopic (exact) mass is 376 g/mol. The second-order valence-electron chi connectivity index (χ2n) is 5.84. The molecule has 2 N–H and O–H groups in total. The second kappa shape index (κ2) is 8.36. The number of benzene rings is 2. The highest BCUT2D eigenvalue weighted by atomic mass is 19.4. The number of halogens is 3. The highest BCUT2D eigenvalue weighted by Crippen LogP contribution is 2.29. The lowest BCUT2D eigenvalue weighted by Gasteiger charge is -2.15. The van der Waals surface area contributed by atoms with E-state index in [1.54, 1.807) is 12.1 Å². The Hall–Kier alpha value is -3.34. The zero-order chi connectivity index (χ0) is 20.0. The number of carbonyl (C=O) groups is 2. The number of amides is 1. The van der Waals surface area contributed by atoms with E-state index in [1.165, 1.54) is 24.3 Å². The summed E-state index contributed by atoms with van der Waals surface area (Å²) < 4.78 is 37.6. The fourth-order valence-electron chi connectivity index (χ4n) is 2.39. The molecule has 0 aromatic heterocycles. The normalized spacial score (nSPS) is 12.1. The van der Waals surface area contributed by atoms with Gasteiger partial charge in [-0.15, -0.1) is 0 Å². The molecule has 0 bridgehead atoms. The molecular weight excluding hydrogens is 361 g/mol. The van der Waals surface area contributed by atoms with E-state index in [4.69, 9.17) is 5.26 Å². The van der Waals surface area contributed by atoms with Crippen molar-refractivity contribution in [1.82, 2.24) is 5.32 Å². The molecule has 140 valence electrons. The van der Waals surface area contributed by atoms with Crippen LogP contribution in [0.5, 0.6) is 0 Å². The smallest absolute Gasteiger partial charge is 0.416 e. The van der Waals surface area contributed by atoms with Crippen molar-refractivity contribution in [1.29, 1.82) is 5.26 Å². The summed E-state index contributed by atoms with van der Waals surface area (Å²) in [6.07, 6.45) is -4.69. The maximum Gasteiger partial charge on any atom is 0.416 e. The van der Waals surface area contributed by atoms with Gasteiger partial charge in [0.15, 0.2) is 0 Å². The molecule has 1 atom stereocenters. The van der Waals surface area contributed by atoms with E-state index >= 15 is 0 Å². The summed E-state index contributed by atoms with van der Waals surface area (Å²) in [7, 11) is 0. The Labute approximate surface area is 153 Å². The van der Waals surface area contributed by atoms with Gasteiger partial charge in [0.1, 0.15) is 6.04 Å². The van der Waals surface area contributed by atoms with Gasteiger partial charge in [0.2, 0.25) is 5.91 Å². The summed E-state index contributed by atoms with van der Waals surface area (Å²) in [5.41, 5.74) is 0.562. The van der Waals surface area contributed by atoms with Crippen LogP contribution in [-0.4, -0.2) is 23.0 Å². The van der Waals surface area contributed by atoms with Crippen molar-refractivity contribution in [2.24, 2.45) is 0 Å². The van der Waals surface area contributed by atoms with Gasteiger partial charge in [0.25, 0.3) is 0 Å². The number of carbonyl (C=O) groups excluding carboxylic acids is 1. The predicted octanol–water partition coefficient (Wildman–Crippen LogP) is 2.93. The van der Waals surface area contributed by atoms with Crippen LogP contribution in [0.15, 0.2) is 48.5 Å². The standard InChI is InChI=1S/C19H15F3N2O3/c20-19(21,22)15-7-5-13(6-8-15)10-17(25)24-16(18(26)27)9-12-1-3-14(11-23)4-2-12/h1-8,16H,9-10H2,(H,24,25)(H,26,27)/t16-/m0/s1. The Morgan fingerprint density at radius 1 is 1.04 bits per heavy atom. The molecule has 8 heteroatoms. The van der Waals surface area contributed by atoms with E-state index in [0.717, 1.165) is 12.1 Å². The van der Waals surface area contributed by atoms with Crippen LogP contribution in [0.3, 0.4) is 0 Å². The lowest BCUT2D eigenvalue weighted by Crippen LogP contribution is -2.43. The molecule has 0 heterocycles. The lowest BCUT2D eigenvalue weighted by molar-refractivity contribution is -0.141. The van der Waals surface area contributed by atoms with Gasteiger partial charge < -0.3 is 10.4 Å². The van der Waals surface area contributed by atoms with Crippen LogP contribution in [0, 0.1) is 11.3 Å². The lowest BCUT2D eigenvalue weighted by atomic mass is 10.0. The van der Waals surface area contributed by atoms with Crippen LogP contribution in [0.25, 0.3) is 0 Å². The van der Waals surface area contributed by atoms with Crippen molar-refractivity contribution in [3.8, 4) is 6.07 Å². The second-order valence-corrected chi connectivity index (χ2v) is 5.84. The van der Waals surface area contributed by atoms with Crippen molar-refractivity contribution in [3.63, 3.8) is 0 Å². The van der Waals surface area contributed by atoms with Crippen LogP contribution >= 0.6 is 0 Å².